The predicted octanol–water partition coefficient (Wildman–Crippen LogP) is 3.01. The van der Waals surface area contributed by atoms with Crippen LogP contribution in [0, 0.1) is 17.8 Å². The van der Waals surface area contributed by atoms with E-state index in [1.54, 1.807) is 30.5 Å². The number of cyclic esters (lactones) is 1. The molecule has 2 aromatic rings. The van der Waals surface area contributed by atoms with Crippen molar-refractivity contribution in [2.24, 2.45) is 17.8 Å². The van der Waals surface area contributed by atoms with Gasteiger partial charge >= 0.3 is 12.1 Å². The maximum atomic E-state index is 14.5. The topological polar surface area (TPSA) is 233 Å². The van der Waals surface area contributed by atoms with E-state index >= 15 is 0 Å². The van der Waals surface area contributed by atoms with E-state index in [-0.39, 0.29) is 44.4 Å². The SMILES string of the molecule is CC[C@H]1OC(=O)[C@H](C)C(=O)[C@H](C)[C@@H](O[C@@H]2O[C@H](C)CC(N(CCO)CCO)C2O)[C@](C)(OC)C[C@@H](C)CN[C@H](C)[C@H]2N(CCCCn3cc(-c4cccc(N)c4)nn3)C(=O)O[C@]12C. The van der Waals surface area contributed by atoms with Gasteiger partial charge in [0.2, 0.25) is 0 Å². The van der Waals surface area contributed by atoms with Crippen molar-refractivity contribution < 1.29 is 53.4 Å². The number of amides is 1. The number of Topliss-reactive ketones (excluding diaryl/α,β-unsaturated/α-hetero) is 1. The van der Waals surface area contributed by atoms with Crippen LogP contribution in [0.25, 0.3) is 11.3 Å². The summed E-state index contributed by atoms with van der Waals surface area (Å²) in [6.45, 7) is 16.2. The van der Waals surface area contributed by atoms with Crippen LogP contribution < -0.4 is 11.1 Å². The third kappa shape index (κ3) is 11.6. The Hall–Kier alpha value is -3.75. The summed E-state index contributed by atoms with van der Waals surface area (Å²) in [5, 5.41) is 43.5. The van der Waals surface area contributed by atoms with Crippen LogP contribution in [0.1, 0.15) is 87.5 Å². The zero-order valence-corrected chi connectivity index (χ0v) is 38.6. The maximum absolute atomic E-state index is 14.5. The first-order chi connectivity index (χ1) is 29.9. The number of carbonyl (C=O) groups excluding carboxylic acids is 3. The molecule has 354 valence electrons. The second kappa shape index (κ2) is 22.0. The van der Waals surface area contributed by atoms with Crippen LogP contribution in [0.15, 0.2) is 30.5 Å². The summed E-state index contributed by atoms with van der Waals surface area (Å²) in [6.07, 6.45) is -0.826. The number of anilines is 1. The third-order valence-corrected chi connectivity index (χ3v) is 13.4. The van der Waals surface area contributed by atoms with Crippen molar-refractivity contribution >= 4 is 23.5 Å². The highest BCUT2D eigenvalue weighted by molar-refractivity contribution is 6.00. The first-order valence-electron chi connectivity index (χ1n) is 22.6. The summed E-state index contributed by atoms with van der Waals surface area (Å²) in [5.41, 5.74) is 5.80. The Morgan fingerprint density at radius 3 is 2.40 bits per heavy atom. The van der Waals surface area contributed by atoms with Crippen LogP contribution in [-0.4, -0.2) is 164 Å². The highest BCUT2D eigenvalue weighted by atomic mass is 16.7. The van der Waals surface area contributed by atoms with E-state index in [1.165, 1.54) is 6.92 Å². The Labute approximate surface area is 372 Å². The normalized spacial score (nSPS) is 34.9. The number of rotatable bonds is 15. The van der Waals surface area contributed by atoms with Gasteiger partial charge < -0.3 is 50.1 Å². The molecular formula is C45H73N7O11. The number of nitrogens with one attached hydrogen (secondary N) is 1. The number of fused-ring (bicyclic) bond motifs is 1. The van der Waals surface area contributed by atoms with Crippen molar-refractivity contribution in [1.82, 2.24) is 30.1 Å². The Morgan fingerprint density at radius 1 is 1.05 bits per heavy atom. The molecule has 0 aliphatic carbocycles. The largest absolute Gasteiger partial charge is 0.458 e. The maximum Gasteiger partial charge on any atom is 0.410 e. The number of carbonyl (C=O) groups is 3. The monoisotopic (exact) mass is 888 g/mol. The average molecular weight is 888 g/mol. The number of nitrogens with two attached hydrogens (primary N) is 1. The number of aryl methyl sites for hydroxylation is 1. The lowest BCUT2D eigenvalue weighted by molar-refractivity contribution is -0.297. The van der Waals surface area contributed by atoms with Gasteiger partial charge in [0.15, 0.2) is 17.7 Å². The molecule has 4 heterocycles. The van der Waals surface area contributed by atoms with Gasteiger partial charge in [-0.1, -0.05) is 38.1 Å². The number of unbranched alkanes of at least 4 members (excludes halogenated alkanes) is 1. The molecule has 5 rings (SSSR count). The summed E-state index contributed by atoms with van der Waals surface area (Å²) < 4.78 is 33.4. The fourth-order valence-electron chi connectivity index (χ4n) is 10.0. The molecular weight excluding hydrogens is 815 g/mol. The van der Waals surface area contributed by atoms with Crippen LogP contribution in [0.4, 0.5) is 10.5 Å². The molecule has 2 unspecified atom stereocenters. The standard InChI is InChI=1S/C45H73N7O11/c1-10-36-45(8)39(52(43(58)63-45)17-12-11-16-51-26-34(48-49-51)32-14-13-15-33(46)23-32)31(6)47-25-27(2)24-44(7,59-9)40(29(4)37(55)30(5)41(57)61-36)62-42-38(56)35(22-28(3)60-42)50(18-20-53)19-21-54/h13-15,23,26-31,35-36,38-40,42,47,53-54,56H,10-12,16-22,24-25,46H2,1-9H3/t27-,28-,29+,30-,31-,35?,36-,38?,39-,40-,42+,44-,45-/m1/s1. The number of esters is 1. The highest BCUT2D eigenvalue weighted by Crippen LogP contribution is 2.40. The fourth-order valence-corrected chi connectivity index (χ4v) is 10.0. The molecule has 0 bridgehead atoms. The molecule has 18 heteroatoms. The number of nitrogens with zero attached hydrogens (tertiary/aromatic N) is 5. The van der Waals surface area contributed by atoms with Gasteiger partial charge in [-0.05, 0) is 91.3 Å². The molecule has 13 atom stereocenters. The van der Waals surface area contributed by atoms with E-state index in [9.17, 15) is 29.7 Å². The lowest BCUT2D eigenvalue weighted by atomic mass is 9.78. The van der Waals surface area contributed by atoms with Crippen molar-refractivity contribution in [1.29, 1.82) is 0 Å². The third-order valence-electron chi connectivity index (χ3n) is 13.4. The zero-order chi connectivity index (χ0) is 46.2. The van der Waals surface area contributed by atoms with Gasteiger partial charge in [-0.25, -0.2) is 4.79 Å². The first-order valence-corrected chi connectivity index (χ1v) is 22.6. The van der Waals surface area contributed by atoms with Gasteiger partial charge in [0.1, 0.15) is 23.8 Å². The summed E-state index contributed by atoms with van der Waals surface area (Å²) in [7, 11) is 1.55. The summed E-state index contributed by atoms with van der Waals surface area (Å²) in [6, 6.07) is 6.07. The second-order valence-corrected chi connectivity index (χ2v) is 18.3. The number of aromatic nitrogens is 3. The van der Waals surface area contributed by atoms with Gasteiger partial charge in [-0.15, -0.1) is 5.10 Å². The molecule has 6 N–H and O–H groups in total. The number of nitrogen functional groups attached to an aromatic ring is 1. The van der Waals surface area contributed by atoms with E-state index in [0.29, 0.717) is 63.1 Å². The van der Waals surface area contributed by atoms with Crippen molar-refractivity contribution in [3.8, 4) is 11.3 Å². The van der Waals surface area contributed by atoms with Gasteiger partial charge in [0.05, 0.1) is 43.3 Å². The number of ether oxygens (including phenoxy) is 5. The number of aliphatic hydroxyl groups is 3. The lowest BCUT2D eigenvalue weighted by Crippen LogP contribution is -2.61. The highest BCUT2D eigenvalue weighted by Gasteiger charge is 2.58. The zero-order valence-electron chi connectivity index (χ0n) is 38.6. The Morgan fingerprint density at radius 2 is 1.75 bits per heavy atom. The van der Waals surface area contributed by atoms with E-state index in [2.05, 4.69) is 22.6 Å². The van der Waals surface area contributed by atoms with E-state index < -0.39 is 77.6 Å². The molecule has 1 aromatic heterocycles. The number of aliphatic hydroxyl groups excluding tert-OH is 3. The molecule has 0 radical (unpaired) electrons. The Bertz CT molecular complexity index is 1810. The second-order valence-electron chi connectivity index (χ2n) is 18.3. The molecule has 3 saturated heterocycles. The van der Waals surface area contributed by atoms with Crippen molar-refractivity contribution in [2.75, 3.05) is 52.2 Å². The van der Waals surface area contributed by atoms with Crippen molar-refractivity contribution in [2.45, 2.75) is 154 Å². The molecule has 1 aromatic carbocycles. The molecule has 3 fully saturated rings. The number of benzene rings is 1. The van der Waals surface area contributed by atoms with Crippen LogP contribution >= 0.6 is 0 Å². The van der Waals surface area contributed by atoms with Crippen LogP contribution in [-0.2, 0) is 39.8 Å². The molecule has 3 aliphatic rings. The fraction of sp³-hybridized carbons (Fsp3) is 0.756. The molecule has 0 saturated carbocycles. The van der Waals surface area contributed by atoms with Crippen LogP contribution in [0.5, 0.6) is 0 Å². The minimum atomic E-state index is -1.27. The van der Waals surface area contributed by atoms with E-state index in [1.807, 2.05) is 63.1 Å². The summed E-state index contributed by atoms with van der Waals surface area (Å²) in [4.78, 5) is 46.0. The van der Waals surface area contributed by atoms with Crippen molar-refractivity contribution in [3.05, 3.63) is 30.5 Å². The van der Waals surface area contributed by atoms with E-state index in [0.717, 1.165) is 5.56 Å². The van der Waals surface area contributed by atoms with Crippen LogP contribution in [0.3, 0.4) is 0 Å². The number of hydrogen-bond donors (Lipinski definition) is 5. The Kier molecular flexibility index (Phi) is 17.5. The molecule has 3 aliphatic heterocycles. The molecule has 63 heavy (non-hydrogen) atoms. The lowest BCUT2D eigenvalue weighted by Gasteiger charge is -2.47. The Balaban J connectivity index is 1.38. The summed E-state index contributed by atoms with van der Waals surface area (Å²) >= 11 is 0. The summed E-state index contributed by atoms with van der Waals surface area (Å²) in [5.74, 6) is -3.46. The van der Waals surface area contributed by atoms with E-state index in [4.69, 9.17) is 29.4 Å². The smallest absolute Gasteiger partial charge is 0.410 e. The number of hydrogen-bond acceptors (Lipinski definition) is 16. The minimum absolute atomic E-state index is 0.0701. The van der Waals surface area contributed by atoms with Gasteiger partial charge in [-0.2, -0.15) is 0 Å². The molecule has 1 amide bonds. The molecule has 18 nitrogen and oxygen atoms in total. The number of ketones is 1. The number of methoxy groups -OCH3 is 1. The predicted molar refractivity (Wildman–Crippen MR) is 234 cm³/mol. The average Bonchev–Trinajstić information content (AvgIpc) is 3.83. The minimum Gasteiger partial charge on any atom is -0.458 e. The van der Waals surface area contributed by atoms with Gasteiger partial charge in [0.25, 0.3) is 0 Å². The first kappa shape index (κ1) is 50.3. The molecule has 0 spiro atoms. The van der Waals surface area contributed by atoms with Crippen LogP contribution in [0.2, 0.25) is 0 Å². The quantitative estimate of drug-likeness (QED) is 0.0749. The van der Waals surface area contributed by atoms with Gasteiger partial charge in [-0.3, -0.25) is 24.1 Å². The van der Waals surface area contributed by atoms with Crippen molar-refractivity contribution in [3.63, 3.8) is 0 Å². The van der Waals surface area contributed by atoms with Gasteiger partial charge in [0, 0.05) is 62.5 Å².